The molecular formula is C22H29ClN2OS. The fourth-order valence-electron chi connectivity index (χ4n) is 3.63. The summed E-state index contributed by atoms with van der Waals surface area (Å²) >= 11 is 7.89. The molecule has 0 bridgehead atoms. The highest BCUT2D eigenvalue weighted by Crippen LogP contribution is 2.35. The first-order valence-corrected chi connectivity index (χ1v) is 11.4. The minimum atomic E-state index is -0.197. The number of aryl methyl sites for hydroxylation is 1. The Kier molecular flexibility index (Phi) is 7.71. The molecule has 146 valence electrons. The van der Waals surface area contributed by atoms with Gasteiger partial charge in [0, 0.05) is 15.8 Å². The average molecular weight is 405 g/mol. The molecule has 0 spiro atoms. The van der Waals surface area contributed by atoms with Gasteiger partial charge in [-0.3, -0.25) is 4.79 Å². The largest absolute Gasteiger partial charge is 0.283 e. The van der Waals surface area contributed by atoms with Crippen LogP contribution in [0.2, 0.25) is 5.02 Å². The van der Waals surface area contributed by atoms with E-state index in [2.05, 4.69) is 16.6 Å². The van der Waals surface area contributed by atoms with Crippen LogP contribution in [0.15, 0.2) is 23.3 Å². The smallest absolute Gasteiger partial charge is 0.266 e. The van der Waals surface area contributed by atoms with Crippen LogP contribution in [0, 0.1) is 6.92 Å². The van der Waals surface area contributed by atoms with E-state index in [0.29, 0.717) is 9.90 Å². The lowest BCUT2D eigenvalue weighted by Crippen LogP contribution is -2.19. The van der Waals surface area contributed by atoms with Crippen LogP contribution in [0.1, 0.15) is 85.9 Å². The molecule has 1 fully saturated rings. The summed E-state index contributed by atoms with van der Waals surface area (Å²) in [5.74, 6) is -0.197. The van der Waals surface area contributed by atoms with Gasteiger partial charge in [0.2, 0.25) is 0 Å². The van der Waals surface area contributed by atoms with Crippen LogP contribution in [0.3, 0.4) is 0 Å². The highest BCUT2D eigenvalue weighted by molar-refractivity contribution is 7.21. The molecule has 2 aromatic rings. The Hall–Kier alpha value is -1.39. The van der Waals surface area contributed by atoms with E-state index >= 15 is 0 Å². The van der Waals surface area contributed by atoms with Crippen LogP contribution < -0.4 is 5.43 Å². The molecule has 1 aromatic carbocycles. The summed E-state index contributed by atoms with van der Waals surface area (Å²) in [4.78, 5) is 13.2. The van der Waals surface area contributed by atoms with Crippen LogP contribution in [-0.4, -0.2) is 11.6 Å². The summed E-state index contributed by atoms with van der Waals surface area (Å²) in [6.45, 7) is 2.04. The van der Waals surface area contributed by atoms with E-state index in [-0.39, 0.29) is 5.91 Å². The summed E-state index contributed by atoms with van der Waals surface area (Å²) in [6.07, 6.45) is 13.5. The molecule has 5 heteroatoms. The summed E-state index contributed by atoms with van der Waals surface area (Å²) in [5, 5.41) is 5.96. The molecule has 0 radical (unpaired) electrons. The van der Waals surface area contributed by atoms with E-state index in [9.17, 15) is 4.79 Å². The number of fused-ring (bicyclic) bond motifs is 1. The van der Waals surface area contributed by atoms with Crippen LogP contribution in [0.25, 0.3) is 10.1 Å². The third kappa shape index (κ3) is 5.79. The maximum atomic E-state index is 12.6. The molecular weight excluding hydrogens is 376 g/mol. The van der Waals surface area contributed by atoms with Gasteiger partial charge in [0.15, 0.2) is 0 Å². The first-order chi connectivity index (χ1) is 13.1. The van der Waals surface area contributed by atoms with Crippen molar-refractivity contribution in [1.82, 2.24) is 5.43 Å². The number of rotatable bonds is 2. The quantitative estimate of drug-likeness (QED) is 0.526. The van der Waals surface area contributed by atoms with Crippen molar-refractivity contribution in [1.29, 1.82) is 0 Å². The van der Waals surface area contributed by atoms with Gasteiger partial charge in [0.1, 0.15) is 4.88 Å². The lowest BCUT2D eigenvalue weighted by Gasteiger charge is -2.09. The topological polar surface area (TPSA) is 41.5 Å². The van der Waals surface area contributed by atoms with Crippen molar-refractivity contribution >= 4 is 44.6 Å². The number of nitrogens with one attached hydrogen (secondary N) is 1. The molecule has 0 aliphatic heterocycles. The number of halogens is 1. The van der Waals surface area contributed by atoms with Crippen molar-refractivity contribution in [3.8, 4) is 0 Å². The monoisotopic (exact) mass is 404 g/mol. The summed E-state index contributed by atoms with van der Waals surface area (Å²) in [5.41, 5.74) is 5.06. The summed E-state index contributed by atoms with van der Waals surface area (Å²) < 4.78 is 1.05. The van der Waals surface area contributed by atoms with Crippen molar-refractivity contribution in [2.24, 2.45) is 5.10 Å². The predicted octanol–water partition coefficient (Wildman–Crippen LogP) is 7.25. The lowest BCUT2D eigenvalue weighted by atomic mass is 10.00. The highest BCUT2D eigenvalue weighted by atomic mass is 35.5. The molecule has 0 saturated heterocycles. The van der Waals surface area contributed by atoms with Gasteiger partial charge in [0.05, 0.1) is 5.02 Å². The molecule has 1 amide bonds. The van der Waals surface area contributed by atoms with Gasteiger partial charge >= 0.3 is 0 Å². The average Bonchev–Trinajstić information content (AvgIpc) is 2.97. The number of amides is 1. The summed E-state index contributed by atoms with van der Waals surface area (Å²) in [7, 11) is 0. The fraction of sp³-hybridized carbons (Fsp3) is 0.545. The van der Waals surface area contributed by atoms with Crippen LogP contribution >= 0.6 is 22.9 Å². The zero-order valence-electron chi connectivity index (χ0n) is 16.2. The van der Waals surface area contributed by atoms with Crippen LogP contribution in [-0.2, 0) is 0 Å². The second kappa shape index (κ2) is 10.2. The maximum Gasteiger partial charge on any atom is 0.283 e. The highest BCUT2D eigenvalue weighted by Gasteiger charge is 2.17. The van der Waals surface area contributed by atoms with E-state index in [0.717, 1.165) is 41.5 Å². The molecule has 1 saturated carbocycles. The minimum absolute atomic E-state index is 0.197. The van der Waals surface area contributed by atoms with Gasteiger partial charge in [-0.05, 0) is 44.2 Å². The van der Waals surface area contributed by atoms with Gasteiger partial charge in [-0.2, -0.15) is 5.10 Å². The number of hydrogen-bond donors (Lipinski definition) is 1. The van der Waals surface area contributed by atoms with E-state index in [1.807, 2.05) is 19.1 Å². The second-order valence-electron chi connectivity index (χ2n) is 7.55. The molecule has 3 rings (SSSR count). The van der Waals surface area contributed by atoms with E-state index in [1.54, 1.807) is 0 Å². The lowest BCUT2D eigenvalue weighted by molar-refractivity contribution is 0.0959. The first kappa shape index (κ1) is 20.3. The van der Waals surface area contributed by atoms with E-state index < -0.39 is 0 Å². The molecule has 1 heterocycles. The molecule has 1 N–H and O–H groups in total. The van der Waals surface area contributed by atoms with Crippen molar-refractivity contribution in [3.05, 3.63) is 33.7 Å². The van der Waals surface area contributed by atoms with E-state index in [1.165, 1.54) is 61.8 Å². The molecule has 3 nitrogen and oxygen atoms in total. The zero-order chi connectivity index (χ0) is 19.1. The Morgan fingerprint density at radius 3 is 2.22 bits per heavy atom. The van der Waals surface area contributed by atoms with Crippen molar-refractivity contribution < 1.29 is 4.79 Å². The van der Waals surface area contributed by atoms with Gasteiger partial charge < -0.3 is 0 Å². The number of nitrogens with zero attached hydrogens (tertiary/aromatic N) is 1. The Balaban J connectivity index is 1.67. The van der Waals surface area contributed by atoms with Crippen LogP contribution in [0.5, 0.6) is 0 Å². The number of benzene rings is 1. The number of hydrazone groups is 1. The Bertz CT molecular complexity index is 798. The normalized spacial score (nSPS) is 17.2. The molecule has 1 aliphatic rings. The Labute approximate surface area is 171 Å². The fourth-order valence-corrected chi connectivity index (χ4v) is 5.14. The van der Waals surface area contributed by atoms with E-state index in [4.69, 9.17) is 11.6 Å². The second-order valence-corrected chi connectivity index (χ2v) is 8.98. The van der Waals surface area contributed by atoms with Gasteiger partial charge in [-0.15, -0.1) is 11.3 Å². The van der Waals surface area contributed by atoms with Crippen LogP contribution in [0.4, 0.5) is 0 Å². The number of carbonyl (C=O) groups excluding carboxylic acids is 1. The standard InChI is InChI=1S/C22H29ClN2OS/c1-16-13-14-18-19(15-16)27-21(20(18)23)22(26)25-24-17-11-9-7-5-3-2-4-6-8-10-12-17/h13-15H,2-12H2,1H3,(H,25,26). The molecule has 27 heavy (non-hydrogen) atoms. The third-order valence-electron chi connectivity index (χ3n) is 5.24. The van der Waals surface area contributed by atoms with Gasteiger partial charge in [-0.1, -0.05) is 68.7 Å². The van der Waals surface area contributed by atoms with Crippen molar-refractivity contribution in [2.75, 3.05) is 0 Å². The number of hydrogen-bond acceptors (Lipinski definition) is 3. The first-order valence-electron chi connectivity index (χ1n) is 10.2. The molecule has 0 atom stereocenters. The number of thiophene rings is 1. The summed E-state index contributed by atoms with van der Waals surface area (Å²) in [6, 6.07) is 6.08. The molecule has 0 unspecified atom stereocenters. The van der Waals surface area contributed by atoms with Crippen molar-refractivity contribution in [2.45, 2.75) is 77.6 Å². The maximum absolute atomic E-state index is 12.6. The van der Waals surface area contributed by atoms with Gasteiger partial charge in [-0.25, -0.2) is 5.43 Å². The molecule has 1 aliphatic carbocycles. The number of carbonyl (C=O) groups is 1. The molecule has 1 aromatic heterocycles. The zero-order valence-corrected chi connectivity index (χ0v) is 17.7. The van der Waals surface area contributed by atoms with Gasteiger partial charge in [0.25, 0.3) is 5.91 Å². The Morgan fingerprint density at radius 1 is 1.00 bits per heavy atom. The third-order valence-corrected chi connectivity index (χ3v) is 6.89. The minimum Gasteiger partial charge on any atom is -0.266 e. The Morgan fingerprint density at radius 2 is 1.59 bits per heavy atom. The predicted molar refractivity (Wildman–Crippen MR) is 117 cm³/mol. The van der Waals surface area contributed by atoms with Crippen molar-refractivity contribution in [3.63, 3.8) is 0 Å². The SMILES string of the molecule is Cc1ccc2c(Cl)c(C(=O)NN=C3CCCCCCCCCCC3)sc2c1.